The lowest BCUT2D eigenvalue weighted by atomic mass is 10.1. The van der Waals surface area contributed by atoms with Crippen LogP contribution in [0, 0.1) is 0 Å². The Bertz CT molecular complexity index is 927. The first kappa shape index (κ1) is 19.6. The molecule has 0 bridgehead atoms. The van der Waals surface area contributed by atoms with Crippen LogP contribution in [0.25, 0.3) is 6.08 Å². The molecule has 5 nitrogen and oxygen atoms in total. The van der Waals surface area contributed by atoms with Gasteiger partial charge < -0.3 is 15.2 Å². The van der Waals surface area contributed by atoms with Crippen LogP contribution in [0.3, 0.4) is 0 Å². The Morgan fingerprint density at radius 3 is 2.56 bits per heavy atom. The summed E-state index contributed by atoms with van der Waals surface area (Å²) in [5.74, 6) is 0.571. The summed E-state index contributed by atoms with van der Waals surface area (Å²) in [5.41, 5.74) is 7.22. The lowest BCUT2D eigenvalue weighted by Crippen LogP contribution is -2.01. The number of amides is 1. The average molecular weight is 423 g/mol. The first-order valence-electron chi connectivity index (χ1n) is 8.08. The van der Waals surface area contributed by atoms with Crippen molar-refractivity contribution in [3.8, 4) is 11.5 Å². The lowest BCUT2D eigenvalue weighted by molar-refractivity contribution is -0.113. The second-order valence-electron chi connectivity index (χ2n) is 5.54. The van der Waals surface area contributed by atoms with Gasteiger partial charge in [0.2, 0.25) is 0 Å². The second-order valence-corrected chi connectivity index (χ2v) is 7.45. The Labute approximate surface area is 171 Å². The number of halogens is 2. The van der Waals surface area contributed by atoms with Crippen molar-refractivity contribution >= 4 is 52.1 Å². The van der Waals surface area contributed by atoms with Crippen LogP contribution in [0.1, 0.15) is 18.1 Å². The third-order valence-corrected chi connectivity index (χ3v) is 4.91. The number of hydrogen-bond acceptors (Lipinski definition) is 5. The third-order valence-electron chi connectivity index (χ3n) is 3.56. The summed E-state index contributed by atoms with van der Waals surface area (Å²) in [7, 11) is 0. The Balaban J connectivity index is 1.85. The van der Waals surface area contributed by atoms with E-state index in [0.717, 1.165) is 17.3 Å². The van der Waals surface area contributed by atoms with Crippen LogP contribution in [-0.4, -0.2) is 17.7 Å². The summed E-state index contributed by atoms with van der Waals surface area (Å²) in [6, 6.07) is 10.8. The first-order valence-corrected chi connectivity index (χ1v) is 9.65. The number of nitrogens with zero attached hydrogens (tertiary/aromatic N) is 1. The van der Waals surface area contributed by atoms with E-state index < -0.39 is 0 Å². The van der Waals surface area contributed by atoms with Gasteiger partial charge in [-0.25, -0.2) is 0 Å². The summed E-state index contributed by atoms with van der Waals surface area (Å²) >= 11 is 13.4. The van der Waals surface area contributed by atoms with Crippen LogP contribution >= 0.6 is 35.0 Å². The van der Waals surface area contributed by atoms with E-state index in [4.69, 9.17) is 38.4 Å². The molecule has 140 valence electrons. The van der Waals surface area contributed by atoms with E-state index in [-0.39, 0.29) is 11.1 Å². The minimum atomic E-state index is -0.366. The molecular weight excluding hydrogens is 407 g/mol. The molecule has 1 aliphatic heterocycles. The van der Waals surface area contributed by atoms with Gasteiger partial charge in [-0.05, 0) is 60.2 Å². The number of aliphatic imine (C=N–C) groups is 1. The molecule has 0 atom stereocenters. The Morgan fingerprint density at radius 2 is 1.93 bits per heavy atom. The standard InChI is InChI=1S/C19H16Cl2N2O3S/c1-2-25-15-8-12(9-16-18(24)23-19(22)27-16)7-14(21)17(15)26-10-11-3-5-13(20)6-4-11/h3-9H,2,10H2,1H3,(H2,22,23,24). The molecule has 2 aromatic rings. The van der Waals surface area contributed by atoms with Crippen molar-refractivity contribution < 1.29 is 14.3 Å². The summed E-state index contributed by atoms with van der Waals surface area (Å²) < 4.78 is 11.5. The Hall–Kier alpha value is -2.15. The van der Waals surface area contributed by atoms with Crippen molar-refractivity contribution in [3.63, 3.8) is 0 Å². The smallest absolute Gasteiger partial charge is 0.286 e. The zero-order valence-electron chi connectivity index (χ0n) is 14.4. The van der Waals surface area contributed by atoms with Gasteiger partial charge in [-0.15, -0.1) is 0 Å². The van der Waals surface area contributed by atoms with Gasteiger partial charge in [0.05, 0.1) is 16.5 Å². The average Bonchev–Trinajstić information content (AvgIpc) is 2.93. The molecule has 0 spiro atoms. The number of thioether (sulfide) groups is 1. The topological polar surface area (TPSA) is 73.9 Å². The molecular formula is C19H16Cl2N2O3S. The molecule has 0 unspecified atom stereocenters. The van der Waals surface area contributed by atoms with Gasteiger partial charge >= 0.3 is 0 Å². The Morgan fingerprint density at radius 1 is 1.19 bits per heavy atom. The lowest BCUT2D eigenvalue weighted by Gasteiger charge is -2.15. The molecule has 0 fully saturated rings. The molecule has 0 radical (unpaired) electrons. The van der Waals surface area contributed by atoms with Gasteiger partial charge in [0, 0.05) is 5.02 Å². The monoisotopic (exact) mass is 422 g/mol. The highest BCUT2D eigenvalue weighted by molar-refractivity contribution is 8.18. The van der Waals surface area contributed by atoms with Gasteiger partial charge in [0.15, 0.2) is 16.7 Å². The van der Waals surface area contributed by atoms with E-state index in [1.165, 1.54) is 0 Å². The summed E-state index contributed by atoms with van der Waals surface area (Å²) in [4.78, 5) is 15.9. The van der Waals surface area contributed by atoms with Crippen LogP contribution in [0.2, 0.25) is 10.0 Å². The van der Waals surface area contributed by atoms with Gasteiger partial charge in [-0.3, -0.25) is 4.79 Å². The number of ether oxygens (including phenoxy) is 2. The zero-order valence-corrected chi connectivity index (χ0v) is 16.7. The number of hydrogen-bond donors (Lipinski definition) is 1. The molecule has 2 aromatic carbocycles. The van der Waals surface area contributed by atoms with Gasteiger partial charge in [0.1, 0.15) is 6.61 Å². The number of rotatable bonds is 6. The maximum absolute atomic E-state index is 11.8. The molecule has 0 saturated heterocycles. The van der Waals surface area contributed by atoms with Crippen molar-refractivity contribution in [1.82, 2.24) is 0 Å². The molecule has 1 amide bonds. The van der Waals surface area contributed by atoms with Crippen molar-refractivity contribution in [2.45, 2.75) is 13.5 Å². The molecule has 0 aliphatic carbocycles. The highest BCUT2D eigenvalue weighted by Gasteiger charge is 2.20. The van der Waals surface area contributed by atoms with Gasteiger partial charge in [-0.1, -0.05) is 35.3 Å². The van der Waals surface area contributed by atoms with E-state index in [1.807, 2.05) is 19.1 Å². The third kappa shape index (κ3) is 4.97. The van der Waals surface area contributed by atoms with E-state index in [1.54, 1.807) is 30.3 Å². The fraction of sp³-hybridized carbons (Fsp3) is 0.158. The van der Waals surface area contributed by atoms with Crippen LogP contribution in [0.15, 0.2) is 46.3 Å². The number of carbonyl (C=O) groups is 1. The maximum Gasteiger partial charge on any atom is 0.286 e. The number of carbonyl (C=O) groups excluding carboxylic acids is 1. The minimum absolute atomic E-state index is 0.227. The van der Waals surface area contributed by atoms with Crippen molar-refractivity contribution in [2.75, 3.05) is 6.61 Å². The number of amidine groups is 1. The summed E-state index contributed by atoms with van der Waals surface area (Å²) in [5, 5.41) is 1.27. The zero-order chi connectivity index (χ0) is 19.4. The second kappa shape index (κ2) is 8.69. The summed E-state index contributed by atoms with van der Waals surface area (Å²) in [6.07, 6.45) is 1.67. The molecule has 1 aliphatic rings. The minimum Gasteiger partial charge on any atom is -0.490 e. The van der Waals surface area contributed by atoms with E-state index in [2.05, 4.69) is 4.99 Å². The normalized spacial score (nSPS) is 15.1. The largest absolute Gasteiger partial charge is 0.490 e. The molecule has 1 heterocycles. The SMILES string of the molecule is CCOc1cc(C=C2SC(N)=NC2=O)cc(Cl)c1OCc1ccc(Cl)cc1. The Kier molecular flexibility index (Phi) is 6.31. The van der Waals surface area contributed by atoms with Crippen LogP contribution in [0.4, 0.5) is 0 Å². The quantitative estimate of drug-likeness (QED) is 0.669. The first-order chi connectivity index (χ1) is 13.0. The van der Waals surface area contributed by atoms with Crippen molar-refractivity contribution in [3.05, 3.63) is 62.5 Å². The van der Waals surface area contributed by atoms with Crippen molar-refractivity contribution in [1.29, 1.82) is 0 Å². The predicted molar refractivity (Wildman–Crippen MR) is 111 cm³/mol. The molecule has 8 heteroatoms. The molecule has 2 N–H and O–H groups in total. The van der Waals surface area contributed by atoms with Crippen molar-refractivity contribution in [2.24, 2.45) is 10.7 Å². The molecule has 27 heavy (non-hydrogen) atoms. The number of nitrogens with two attached hydrogens (primary N) is 1. The predicted octanol–water partition coefficient (Wildman–Crippen LogP) is 4.90. The maximum atomic E-state index is 11.8. The van der Waals surface area contributed by atoms with Crippen LogP contribution < -0.4 is 15.2 Å². The fourth-order valence-electron chi connectivity index (χ4n) is 2.39. The van der Waals surface area contributed by atoms with E-state index >= 15 is 0 Å². The van der Waals surface area contributed by atoms with Gasteiger partial charge in [0.25, 0.3) is 5.91 Å². The van der Waals surface area contributed by atoms with Crippen LogP contribution in [-0.2, 0) is 11.4 Å². The van der Waals surface area contributed by atoms with Crippen LogP contribution in [0.5, 0.6) is 11.5 Å². The molecule has 0 aromatic heterocycles. The van der Waals surface area contributed by atoms with E-state index in [9.17, 15) is 4.79 Å². The van der Waals surface area contributed by atoms with E-state index in [0.29, 0.717) is 45.2 Å². The fourth-order valence-corrected chi connectivity index (χ4v) is 3.47. The molecule has 0 saturated carbocycles. The highest BCUT2D eigenvalue weighted by Crippen LogP contribution is 2.38. The number of benzene rings is 2. The molecule has 3 rings (SSSR count). The highest BCUT2D eigenvalue weighted by atomic mass is 35.5. The summed E-state index contributed by atoms with van der Waals surface area (Å²) in [6.45, 7) is 2.63. The van der Waals surface area contributed by atoms with Gasteiger partial charge in [-0.2, -0.15) is 4.99 Å².